The van der Waals surface area contributed by atoms with Crippen LogP contribution in [-0.4, -0.2) is 22.9 Å². The lowest BCUT2D eigenvalue weighted by atomic mass is 10.1. The largest absolute Gasteiger partial charge is 0.294 e. The maximum absolute atomic E-state index is 11.4. The van der Waals surface area contributed by atoms with Gasteiger partial charge in [-0.1, -0.05) is 12.1 Å². The summed E-state index contributed by atoms with van der Waals surface area (Å²) >= 11 is 3.31. The first-order valence-corrected chi connectivity index (χ1v) is 13.4. The van der Waals surface area contributed by atoms with Gasteiger partial charge in [-0.05, 0) is 84.5 Å². The molecule has 4 aromatic rings. The molecule has 8 bridgehead atoms. The van der Waals surface area contributed by atoms with Gasteiger partial charge in [-0.2, -0.15) is 8.42 Å². The van der Waals surface area contributed by atoms with E-state index in [-0.39, 0.29) is 4.90 Å². The Balaban J connectivity index is 1.61. The van der Waals surface area contributed by atoms with Crippen molar-refractivity contribution in [2.24, 2.45) is 0 Å². The highest BCUT2D eigenvalue weighted by Crippen LogP contribution is 2.34. The number of nitrogens with zero attached hydrogens (tertiary/aromatic N) is 2. The molecule has 2 aliphatic heterocycles. The Morgan fingerprint density at radius 1 is 0.618 bits per heavy atom. The Kier molecular flexibility index (Phi) is 5.04. The van der Waals surface area contributed by atoms with Crippen LogP contribution in [0.4, 0.5) is 0 Å². The molecule has 0 radical (unpaired) electrons. The third-order valence-corrected chi connectivity index (χ3v) is 8.28. The van der Waals surface area contributed by atoms with Crippen molar-refractivity contribution < 1.29 is 13.0 Å². The maximum Gasteiger partial charge on any atom is 0.294 e. The number of hydrogen-bond donors (Lipinski definition) is 1. The zero-order chi connectivity index (χ0) is 23.3. The number of thiophene rings is 2. The Morgan fingerprint density at radius 3 is 1.71 bits per heavy atom. The second-order valence-corrected chi connectivity index (χ2v) is 11.5. The van der Waals surface area contributed by atoms with Gasteiger partial charge in [0, 0.05) is 24.4 Å². The summed E-state index contributed by atoms with van der Waals surface area (Å²) in [5.41, 5.74) is 5.32. The molecule has 5 heterocycles. The van der Waals surface area contributed by atoms with E-state index in [1.54, 1.807) is 34.8 Å². The van der Waals surface area contributed by atoms with Gasteiger partial charge in [0.25, 0.3) is 10.1 Å². The molecule has 0 saturated heterocycles. The van der Waals surface area contributed by atoms with Crippen LogP contribution < -0.4 is 0 Å². The molecule has 1 aromatic carbocycles. The quantitative estimate of drug-likeness (QED) is 0.258. The lowest BCUT2D eigenvalue weighted by molar-refractivity contribution is 0.483. The van der Waals surface area contributed by atoms with Crippen LogP contribution in [0.25, 0.3) is 54.2 Å². The zero-order valence-electron chi connectivity index (χ0n) is 17.5. The average molecular weight is 501 g/mol. The molecular weight excluding hydrogens is 484 g/mol. The molecule has 6 rings (SSSR count). The minimum atomic E-state index is -4.24. The van der Waals surface area contributed by atoms with E-state index in [4.69, 9.17) is 9.97 Å². The van der Waals surface area contributed by atoms with E-state index in [0.29, 0.717) is 0 Å². The summed E-state index contributed by atoms with van der Waals surface area (Å²) in [5.74, 6) is 0. The van der Waals surface area contributed by atoms with Crippen LogP contribution >= 0.6 is 22.7 Å². The molecule has 8 heteroatoms. The summed E-state index contributed by atoms with van der Waals surface area (Å²) in [6, 6.07) is 20.7. The van der Waals surface area contributed by atoms with Crippen LogP contribution in [-0.2, 0) is 10.1 Å². The van der Waals surface area contributed by atoms with Gasteiger partial charge in [0.2, 0.25) is 0 Å². The Hall–Kier alpha value is -3.43. The monoisotopic (exact) mass is 500 g/mol. The molecule has 0 fully saturated rings. The molecule has 0 unspecified atom stereocenters. The SMILES string of the molecule is O=S(=O)(O)c1ccc(-c2cc3cc4nc(cc5ccc(cc6nc(cc2s3)C=C6)s5)C=C4)cc1. The molecule has 0 saturated carbocycles. The summed E-state index contributed by atoms with van der Waals surface area (Å²) in [4.78, 5) is 9.36. The zero-order valence-corrected chi connectivity index (χ0v) is 20.0. The Bertz CT molecular complexity index is 1780. The maximum atomic E-state index is 11.4. The number of hydrogen-bond acceptors (Lipinski definition) is 6. The third-order valence-electron chi connectivity index (χ3n) is 5.41. The molecule has 166 valence electrons. The van der Waals surface area contributed by atoms with E-state index < -0.39 is 10.1 Å². The van der Waals surface area contributed by atoms with Gasteiger partial charge in [0.15, 0.2) is 0 Å². The Labute approximate surface area is 203 Å². The first-order chi connectivity index (χ1) is 16.4. The summed E-state index contributed by atoms with van der Waals surface area (Å²) in [5, 5.41) is 0. The van der Waals surface area contributed by atoms with Gasteiger partial charge in [0.05, 0.1) is 27.7 Å². The van der Waals surface area contributed by atoms with Gasteiger partial charge in [-0.3, -0.25) is 4.55 Å². The summed E-state index contributed by atoms with van der Waals surface area (Å²) in [7, 11) is -4.24. The van der Waals surface area contributed by atoms with E-state index in [1.807, 2.05) is 36.4 Å². The molecule has 1 N–H and O–H groups in total. The second-order valence-electron chi connectivity index (χ2n) is 7.83. The molecule has 0 amide bonds. The topological polar surface area (TPSA) is 80.2 Å². The average Bonchev–Trinajstić information content (AvgIpc) is 3.58. The van der Waals surface area contributed by atoms with Crippen LogP contribution in [0.15, 0.2) is 71.6 Å². The predicted octanol–water partition coefficient (Wildman–Crippen LogP) is 7.04. The summed E-state index contributed by atoms with van der Waals surface area (Å²) in [6.07, 6.45) is 7.99. The van der Waals surface area contributed by atoms with Crippen LogP contribution in [0.5, 0.6) is 0 Å². The van der Waals surface area contributed by atoms with Crippen molar-refractivity contribution in [1.29, 1.82) is 0 Å². The van der Waals surface area contributed by atoms with Crippen molar-refractivity contribution >= 4 is 75.9 Å². The normalized spacial score (nSPS) is 12.9. The van der Waals surface area contributed by atoms with Crippen LogP contribution in [0.2, 0.25) is 0 Å². The van der Waals surface area contributed by atoms with E-state index >= 15 is 0 Å². The number of fused-ring (bicyclic) bond motifs is 8. The van der Waals surface area contributed by atoms with Gasteiger partial charge < -0.3 is 0 Å². The first-order valence-electron chi connectivity index (χ1n) is 10.4. The number of aromatic nitrogens is 2. The predicted molar refractivity (Wildman–Crippen MR) is 141 cm³/mol. The minimum absolute atomic E-state index is 0.131. The van der Waals surface area contributed by atoms with Crippen LogP contribution in [0.3, 0.4) is 0 Å². The first kappa shape index (κ1) is 21.1. The number of rotatable bonds is 2. The molecule has 0 atom stereocenters. The van der Waals surface area contributed by atoms with Crippen molar-refractivity contribution in [3.05, 3.63) is 89.5 Å². The number of benzene rings is 1. The molecular formula is C26H16N2O3S3. The fourth-order valence-electron chi connectivity index (χ4n) is 3.84. The fourth-order valence-corrected chi connectivity index (χ4v) is 6.30. The lowest BCUT2D eigenvalue weighted by Gasteiger charge is -2.01. The molecule has 0 spiro atoms. The van der Waals surface area contributed by atoms with Crippen molar-refractivity contribution in [3.8, 4) is 11.1 Å². The second kappa shape index (κ2) is 8.11. The third kappa shape index (κ3) is 4.24. The molecule has 0 aliphatic carbocycles. The molecule has 34 heavy (non-hydrogen) atoms. The van der Waals surface area contributed by atoms with Gasteiger partial charge >= 0.3 is 0 Å². The minimum Gasteiger partial charge on any atom is -0.282 e. The van der Waals surface area contributed by atoms with Crippen LogP contribution in [0.1, 0.15) is 22.8 Å². The van der Waals surface area contributed by atoms with E-state index in [9.17, 15) is 13.0 Å². The van der Waals surface area contributed by atoms with Gasteiger partial charge in [-0.25, -0.2) is 9.97 Å². The van der Waals surface area contributed by atoms with Gasteiger partial charge in [-0.15, -0.1) is 22.7 Å². The highest BCUT2D eigenvalue weighted by atomic mass is 32.2. The van der Waals surface area contributed by atoms with E-state index in [2.05, 4.69) is 30.3 Å². The van der Waals surface area contributed by atoms with E-state index in [0.717, 1.165) is 52.7 Å². The van der Waals surface area contributed by atoms with Crippen molar-refractivity contribution in [2.45, 2.75) is 4.90 Å². The standard InChI is InChI=1S/C26H16N2O3S3/c29-34(30,31)24-9-1-16(2-10-24)25-15-23-13-19-4-3-17(27-19)11-21-7-8-22(32-21)12-18-5-6-20(28-18)14-26(25)33-23/h1-15H,(H,29,30,31). The lowest BCUT2D eigenvalue weighted by Crippen LogP contribution is -1.97. The molecule has 2 aliphatic rings. The summed E-state index contributed by atoms with van der Waals surface area (Å²) in [6.45, 7) is 0. The van der Waals surface area contributed by atoms with Gasteiger partial charge in [0.1, 0.15) is 0 Å². The fraction of sp³-hybridized carbons (Fsp3) is 0. The highest BCUT2D eigenvalue weighted by molar-refractivity contribution is 7.85. The van der Waals surface area contributed by atoms with Crippen molar-refractivity contribution in [3.63, 3.8) is 0 Å². The highest BCUT2D eigenvalue weighted by Gasteiger charge is 2.11. The van der Waals surface area contributed by atoms with E-state index in [1.165, 1.54) is 12.1 Å². The summed E-state index contributed by atoms with van der Waals surface area (Å²) < 4.78 is 36.5. The molecule has 3 aromatic heterocycles. The smallest absolute Gasteiger partial charge is 0.282 e. The molecule has 5 nitrogen and oxygen atoms in total. The Morgan fingerprint density at radius 2 is 1.15 bits per heavy atom. The van der Waals surface area contributed by atoms with Crippen molar-refractivity contribution in [1.82, 2.24) is 9.97 Å². The van der Waals surface area contributed by atoms with Crippen molar-refractivity contribution in [2.75, 3.05) is 0 Å². The van der Waals surface area contributed by atoms with Crippen LogP contribution in [0, 0.1) is 0 Å².